The van der Waals surface area contributed by atoms with Gasteiger partial charge in [0.25, 0.3) is 0 Å². The minimum Gasteiger partial charge on any atom is -0.623 e. The summed E-state index contributed by atoms with van der Waals surface area (Å²) in [6.45, 7) is 7.50. The van der Waals surface area contributed by atoms with Crippen LogP contribution < -0.4 is 0 Å². The van der Waals surface area contributed by atoms with Gasteiger partial charge < -0.3 is 14.7 Å². The lowest BCUT2D eigenvalue weighted by molar-refractivity contribution is -0.498. The van der Waals surface area contributed by atoms with E-state index in [0.717, 1.165) is 15.9 Å². The van der Waals surface area contributed by atoms with Crippen LogP contribution in [0.3, 0.4) is 0 Å². The molecule has 1 fully saturated rings. The van der Waals surface area contributed by atoms with Crippen LogP contribution in [0.5, 0.6) is 0 Å². The van der Waals surface area contributed by atoms with Crippen molar-refractivity contribution in [3.05, 3.63) is 47.2 Å². The van der Waals surface area contributed by atoms with E-state index < -0.39 is 5.79 Å². The Bertz CT molecular complexity index is 594. The van der Waals surface area contributed by atoms with Crippen LogP contribution >= 0.6 is 15.9 Å². The molecule has 2 aliphatic heterocycles. The fraction of sp³-hybridized carbons (Fsp3) is 0.438. The molecule has 2 heterocycles. The molecule has 0 aliphatic carbocycles. The van der Waals surface area contributed by atoms with Crippen LogP contribution in [0.4, 0.5) is 0 Å². The van der Waals surface area contributed by atoms with E-state index in [1.54, 1.807) is 6.08 Å². The fourth-order valence-electron chi connectivity index (χ4n) is 2.95. The fourth-order valence-corrected chi connectivity index (χ4v) is 3.58. The van der Waals surface area contributed by atoms with Crippen molar-refractivity contribution in [1.82, 2.24) is 0 Å². The van der Waals surface area contributed by atoms with Crippen molar-refractivity contribution in [3.63, 3.8) is 0 Å². The summed E-state index contributed by atoms with van der Waals surface area (Å²) in [4.78, 5) is 0. The van der Waals surface area contributed by atoms with Gasteiger partial charge in [-0.2, -0.15) is 4.74 Å². The molecule has 112 valence electrons. The Hall–Kier alpha value is -1.17. The van der Waals surface area contributed by atoms with E-state index in [0.29, 0.717) is 11.0 Å². The monoisotopic (exact) mass is 351 g/mol. The third-order valence-corrected chi connectivity index (χ3v) is 4.58. The van der Waals surface area contributed by atoms with E-state index in [-0.39, 0.29) is 18.2 Å². The van der Waals surface area contributed by atoms with Crippen LogP contribution in [0.25, 0.3) is 6.08 Å². The molecule has 0 unspecified atom stereocenters. The third-order valence-electron chi connectivity index (χ3n) is 3.92. The Kier molecular flexibility index (Phi) is 3.67. The number of nitrogens with zero attached hydrogens (tertiary/aromatic N) is 1. The van der Waals surface area contributed by atoms with Crippen molar-refractivity contribution in [2.45, 2.75) is 37.9 Å². The van der Waals surface area contributed by atoms with Gasteiger partial charge in [0.05, 0.1) is 5.33 Å². The number of fused-ring (bicyclic) bond motifs is 1. The second-order valence-electron chi connectivity index (χ2n) is 5.78. The molecular weight excluding hydrogens is 334 g/mol. The van der Waals surface area contributed by atoms with Crippen LogP contribution in [-0.4, -0.2) is 39.8 Å². The minimum atomic E-state index is -0.663. The molecule has 3 rings (SSSR count). The molecule has 0 N–H and O–H groups in total. The van der Waals surface area contributed by atoms with Gasteiger partial charge in [-0.25, -0.2) is 0 Å². The van der Waals surface area contributed by atoms with Crippen molar-refractivity contribution in [2.75, 3.05) is 5.33 Å². The normalized spacial score (nSPS) is 30.5. The van der Waals surface area contributed by atoms with Crippen LogP contribution in [0.15, 0.2) is 30.8 Å². The summed E-state index contributed by atoms with van der Waals surface area (Å²) < 4.78 is 12.9. The maximum atomic E-state index is 12.6. The van der Waals surface area contributed by atoms with Crippen LogP contribution in [-0.2, 0) is 9.47 Å². The van der Waals surface area contributed by atoms with Gasteiger partial charge in [-0.05, 0) is 31.5 Å². The smallest absolute Gasteiger partial charge is 0.227 e. The molecule has 1 aromatic carbocycles. The average molecular weight is 352 g/mol. The Morgan fingerprint density at radius 1 is 1.33 bits per heavy atom. The zero-order valence-electron chi connectivity index (χ0n) is 12.1. The topological polar surface area (TPSA) is 44.5 Å². The number of alkyl halides is 1. The first kappa shape index (κ1) is 14.8. The predicted molar refractivity (Wildman–Crippen MR) is 85.7 cm³/mol. The summed E-state index contributed by atoms with van der Waals surface area (Å²) in [5.74, 6) is -0.663. The maximum Gasteiger partial charge on any atom is 0.227 e. The summed E-state index contributed by atoms with van der Waals surface area (Å²) in [7, 11) is 0. The van der Waals surface area contributed by atoms with Crippen molar-refractivity contribution in [3.8, 4) is 0 Å². The summed E-state index contributed by atoms with van der Waals surface area (Å²) in [5, 5.41) is 13.1. The van der Waals surface area contributed by atoms with E-state index in [1.165, 1.54) is 0 Å². The first-order chi connectivity index (χ1) is 9.96. The molecule has 1 aromatic rings. The van der Waals surface area contributed by atoms with Gasteiger partial charge in [0, 0.05) is 5.56 Å². The number of benzene rings is 1. The molecule has 0 aromatic heterocycles. The van der Waals surface area contributed by atoms with Gasteiger partial charge in [0.2, 0.25) is 11.8 Å². The number of rotatable bonds is 3. The number of hydrogen-bond donors (Lipinski definition) is 0. The second-order valence-corrected chi connectivity index (χ2v) is 6.43. The molecule has 3 atom stereocenters. The van der Waals surface area contributed by atoms with Gasteiger partial charge >= 0.3 is 0 Å². The molecule has 4 nitrogen and oxygen atoms in total. The van der Waals surface area contributed by atoms with Crippen LogP contribution in [0, 0.1) is 5.21 Å². The SMILES string of the molecule is C=Cc1ccc(C2=[N+]([O-])[C@@H](CBr)[C@H]3OC(C)(C)O[C@@H]23)cc1. The Morgan fingerprint density at radius 3 is 2.57 bits per heavy atom. The predicted octanol–water partition coefficient (Wildman–Crippen LogP) is 2.93. The number of halogens is 1. The van der Waals surface area contributed by atoms with E-state index in [1.807, 2.05) is 38.1 Å². The molecule has 0 spiro atoms. The number of hydroxylamine groups is 1. The van der Waals surface area contributed by atoms with Crippen LogP contribution in [0.2, 0.25) is 0 Å². The Balaban J connectivity index is 2.02. The quantitative estimate of drug-likeness (QED) is 0.477. The highest BCUT2D eigenvalue weighted by Gasteiger charge is 2.57. The lowest BCUT2D eigenvalue weighted by Crippen LogP contribution is -2.35. The summed E-state index contributed by atoms with van der Waals surface area (Å²) >= 11 is 3.41. The highest BCUT2D eigenvalue weighted by Crippen LogP contribution is 2.37. The molecule has 2 aliphatic rings. The molecule has 5 heteroatoms. The van der Waals surface area contributed by atoms with Crippen molar-refractivity contribution in [2.24, 2.45) is 0 Å². The first-order valence-corrected chi connectivity index (χ1v) is 8.06. The van der Waals surface area contributed by atoms with E-state index in [9.17, 15) is 5.21 Å². The molecule has 0 amide bonds. The molecule has 0 bridgehead atoms. The van der Waals surface area contributed by atoms with Crippen LogP contribution in [0.1, 0.15) is 25.0 Å². The van der Waals surface area contributed by atoms with Gasteiger partial charge in [-0.3, -0.25) is 0 Å². The lowest BCUT2D eigenvalue weighted by atomic mass is 10.0. The largest absolute Gasteiger partial charge is 0.623 e. The Labute approximate surface area is 132 Å². The summed E-state index contributed by atoms with van der Waals surface area (Å²) in [5.41, 5.74) is 2.54. The highest BCUT2D eigenvalue weighted by molar-refractivity contribution is 9.09. The summed E-state index contributed by atoms with van der Waals surface area (Å²) in [6, 6.07) is 7.48. The molecule has 0 radical (unpaired) electrons. The maximum absolute atomic E-state index is 12.6. The molecule has 1 saturated heterocycles. The minimum absolute atomic E-state index is 0.244. The zero-order chi connectivity index (χ0) is 15.2. The van der Waals surface area contributed by atoms with Crippen molar-refractivity contribution < 1.29 is 14.2 Å². The van der Waals surface area contributed by atoms with Gasteiger partial charge in [-0.1, -0.05) is 40.7 Å². The van der Waals surface area contributed by atoms with Crippen molar-refractivity contribution in [1.29, 1.82) is 0 Å². The van der Waals surface area contributed by atoms with Gasteiger partial charge in [0.1, 0.15) is 0 Å². The number of ether oxygens (including phenoxy) is 2. The molecule has 0 saturated carbocycles. The third kappa shape index (κ3) is 2.43. The van der Waals surface area contributed by atoms with Gasteiger partial charge in [0.15, 0.2) is 18.0 Å². The second kappa shape index (κ2) is 5.23. The van der Waals surface area contributed by atoms with Crippen molar-refractivity contribution >= 4 is 27.7 Å². The Morgan fingerprint density at radius 2 is 2.00 bits per heavy atom. The van der Waals surface area contributed by atoms with E-state index >= 15 is 0 Å². The molecular formula is C16H18BrNO3. The molecule has 21 heavy (non-hydrogen) atoms. The zero-order valence-corrected chi connectivity index (χ0v) is 13.7. The number of hydrogen-bond acceptors (Lipinski definition) is 3. The van der Waals surface area contributed by atoms with Gasteiger partial charge in [-0.15, -0.1) is 0 Å². The van der Waals surface area contributed by atoms with E-state index in [2.05, 4.69) is 22.5 Å². The standard InChI is InChI=1S/C16H18BrNO3/c1-4-10-5-7-11(8-6-10)13-15-14(12(9-17)18(13)19)20-16(2,3)21-15/h4-8,12,14-15H,1,9H2,2-3H3/t12-,14+,15-/m0/s1. The highest BCUT2D eigenvalue weighted by atomic mass is 79.9. The lowest BCUT2D eigenvalue weighted by Gasteiger charge is -2.21. The van der Waals surface area contributed by atoms with E-state index in [4.69, 9.17) is 9.47 Å². The average Bonchev–Trinajstić information content (AvgIpc) is 2.88. The first-order valence-electron chi connectivity index (χ1n) is 6.94. The summed E-state index contributed by atoms with van der Waals surface area (Å²) in [6.07, 6.45) is 1.21.